The molecule has 0 atom stereocenters. The van der Waals surface area contributed by atoms with Gasteiger partial charge >= 0.3 is 0 Å². The Labute approximate surface area is 192 Å². The Morgan fingerprint density at radius 2 is 1.97 bits per heavy atom. The van der Waals surface area contributed by atoms with Gasteiger partial charge in [0.05, 0.1) is 35.2 Å². The Kier molecular flexibility index (Phi) is 5.90. The van der Waals surface area contributed by atoms with Crippen LogP contribution >= 0.6 is 0 Å². The maximum Gasteiger partial charge on any atom is 0.222 e. The van der Waals surface area contributed by atoms with Crippen LogP contribution in [0.25, 0.3) is 22.2 Å². The minimum Gasteiger partial charge on any atom is -0.346 e. The van der Waals surface area contributed by atoms with Crippen LogP contribution in [0, 0.1) is 17.2 Å². The van der Waals surface area contributed by atoms with Gasteiger partial charge in [0, 0.05) is 49.4 Å². The number of nitrogens with zero attached hydrogens (tertiary/aromatic N) is 5. The fourth-order valence-electron chi connectivity index (χ4n) is 4.59. The quantitative estimate of drug-likeness (QED) is 0.489. The summed E-state index contributed by atoms with van der Waals surface area (Å²) in [5.41, 5.74) is 4.80. The monoisotopic (exact) mass is 438 g/mol. The van der Waals surface area contributed by atoms with E-state index in [1.165, 1.54) is 5.39 Å². The average molecular weight is 439 g/mol. The third-order valence-electron chi connectivity index (χ3n) is 6.58. The summed E-state index contributed by atoms with van der Waals surface area (Å²) < 4.78 is 2.29. The molecule has 1 aromatic carbocycles. The van der Waals surface area contributed by atoms with E-state index in [-0.39, 0.29) is 5.91 Å². The van der Waals surface area contributed by atoms with Gasteiger partial charge in [-0.05, 0) is 55.0 Å². The van der Waals surface area contributed by atoms with E-state index in [1.807, 2.05) is 41.6 Å². The largest absolute Gasteiger partial charge is 0.346 e. The highest BCUT2D eigenvalue weighted by molar-refractivity contribution is 5.83. The van der Waals surface area contributed by atoms with Gasteiger partial charge in [0.2, 0.25) is 5.91 Å². The molecule has 3 aromatic heterocycles. The van der Waals surface area contributed by atoms with Crippen molar-refractivity contribution in [3.63, 3.8) is 0 Å². The predicted molar refractivity (Wildman–Crippen MR) is 126 cm³/mol. The van der Waals surface area contributed by atoms with Gasteiger partial charge in [-0.25, -0.2) is 0 Å². The van der Waals surface area contributed by atoms with Crippen LogP contribution in [0.5, 0.6) is 0 Å². The number of hydrogen-bond donors (Lipinski definition) is 1. The van der Waals surface area contributed by atoms with E-state index in [9.17, 15) is 4.79 Å². The molecule has 1 saturated heterocycles. The van der Waals surface area contributed by atoms with Crippen molar-refractivity contribution in [1.82, 2.24) is 24.6 Å². The fourth-order valence-corrected chi connectivity index (χ4v) is 4.59. The molecule has 7 heteroatoms. The standard InChI is InChI=1S/C26H26N6O/c27-14-20-3-1-19(2-4-20)5-6-26(33)31-10-7-21(8-11-31)18-32-12-9-22-13-24(28-17-25(22)32)23-15-29-30-16-23/h1-4,9,12-13,15-17,21H,5-8,10-11,18H2,(H,29,30). The number of aryl methyl sites for hydroxylation is 1. The summed E-state index contributed by atoms with van der Waals surface area (Å²) >= 11 is 0. The second kappa shape index (κ2) is 9.29. The number of aromatic amines is 1. The van der Waals surface area contributed by atoms with Gasteiger partial charge in [-0.15, -0.1) is 0 Å². The summed E-state index contributed by atoms with van der Waals surface area (Å²) in [6.07, 6.45) is 11.0. The van der Waals surface area contributed by atoms with Crippen molar-refractivity contribution in [3.05, 3.63) is 72.3 Å². The molecule has 0 unspecified atom stereocenters. The minimum absolute atomic E-state index is 0.222. The van der Waals surface area contributed by atoms with Crippen LogP contribution in [0.15, 0.2) is 61.2 Å². The molecule has 4 heterocycles. The van der Waals surface area contributed by atoms with E-state index >= 15 is 0 Å². The predicted octanol–water partition coefficient (Wildman–Crippen LogP) is 4.17. The lowest BCUT2D eigenvalue weighted by Crippen LogP contribution is -2.39. The van der Waals surface area contributed by atoms with Gasteiger partial charge in [-0.3, -0.25) is 14.9 Å². The number of rotatable bonds is 6. The Hall–Kier alpha value is -3.92. The van der Waals surface area contributed by atoms with Crippen LogP contribution < -0.4 is 0 Å². The number of carbonyl (C=O) groups excluding carboxylic acids is 1. The summed E-state index contributed by atoms with van der Waals surface area (Å²) in [7, 11) is 0. The first-order valence-corrected chi connectivity index (χ1v) is 11.4. The number of nitrogens with one attached hydrogen (secondary N) is 1. The van der Waals surface area contributed by atoms with Gasteiger partial charge in [0.15, 0.2) is 0 Å². The number of carbonyl (C=O) groups is 1. The van der Waals surface area contributed by atoms with E-state index in [4.69, 9.17) is 5.26 Å². The molecule has 7 nitrogen and oxygen atoms in total. The zero-order chi connectivity index (χ0) is 22.6. The van der Waals surface area contributed by atoms with E-state index < -0.39 is 0 Å². The highest BCUT2D eigenvalue weighted by Crippen LogP contribution is 2.25. The molecule has 4 aromatic rings. The SMILES string of the molecule is N#Cc1ccc(CCC(=O)N2CCC(Cn3ccc4cc(-c5cn[nH]c5)ncc43)CC2)cc1. The first kappa shape index (κ1) is 21.0. The molecular weight excluding hydrogens is 412 g/mol. The molecule has 1 aliphatic rings. The van der Waals surface area contributed by atoms with Gasteiger partial charge < -0.3 is 9.47 Å². The molecule has 1 fully saturated rings. The molecular formula is C26H26N6O. The topological polar surface area (TPSA) is 90.6 Å². The van der Waals surface area contributed by atoms with Crippen molar-refractivity contribution in [1.29, 1.82) is 5.26 Å². The number of hydrogen-bond acceptors (Lipinski definition) is 4. The Morgan fingerprint density at radius 1 is 1.15 bits per heavy atom. The number of fused-ring (bicyclic) bond motifs is 1. The first-order valence-electron chi connectivity index (χ1n) is 11.4. The Morgan fingerprint density at radius 3 is 2.70 bits per heavy atom. The van der Waals surface area contributed by atoms with E-state index in [0.29, 0.717) is 24.3 Å². The second-order valence-electron chi connectivity index (χ2n) is 8.72. The summed E-state index contributed by atoms with van der Waals surface area (Å²) in [4.78, 5) is 19.3. The Bertz CT molecular complexity index is 1270. The number of aromatic nitrogens is 4. The van der Waals surface area contributed by atoms with E-state index in [2.05, 4.69) is 44.1 Å². The molecule has 0 radical (unpaired) electrons. The zero-order valence-corrected chi connectivity index (χ0v) is 18.4. The van der Waals surface area contributed by atoms with Crippen LogP contribution in [0.1, 0.15) is 30.4 Å². The number of piperidine rings is 1. The van der Waals surface area contributed by atoms with E-state index in [0.717, 1.165) is 54.8 Å². The summed E-state index contributed by atoms with van der Waals surface area (Å²) in [5.74, 6) is 0.775. The molecule has 166 valence electrons. The lowest BCUT2D eigenvalue weighted by molar-refractivity contribution is -0.132. The molecule has 1 amide bonds. The molecule has 0 saturated carbocycles. The highest BCUT2D eigenvalue weighted by atomic mass is 16.2. The lowest BCUT2D eigenvalue weighted by Gasteiger charge is -2.32. The first-order chi connectivity index (χ1) is 16.2. The number of likely N-dealkylation sites (tertiary alicyclic amines) is 1. The van der Waals surface area contributed by atoms with Crippen molar-refractivity contribution in [3.8, 4) is 17.3 Å². The molecule has 33 heavy (non-hydrogen) atoms. The molecule has 5 rings (SSSR count). The Balaban J connectivity index is 1.14. The van der Waals surface area contributed by atoms with Crippen LogP contribution in [0.2, 0.25) is 0 Å². The van der Waals surface area contributed by atoms with Crippen LogP contribution in [0.4, 0.5) is 0 Å². The number of nitriles is 1. The normalized spacial score (nSPS) is 14.5. The summed E-state index contributed by atoms with van der Waals surface area (Å²) in [5, 5.41) is 16.9. The summed E-state index contributed by atoms with van der Waals surface area (Å²) in [6.45, 7) is 2.58. The highest BCUT2D eigenvalue weighted by Gasteiger charge is 2.23. The van der Waals surface area contributed by atoms with Crippen LogP contribution in [0.3, 0.4) is 0 Å². The average Bonchev–Trinajstić information content (AvgIpc) is 3.54. The lowest BCUT2D eigenvalue weighted by atomic mass is 9.96. The number of H-pyrrole nitrogens is 1. The van der Waals surface area contributed by atoms with Crippen LogP contribution in [-0.2, 0) is 17.8 Å². The van der Waals surface area contributed by atoms with Gasteiger partial charge in [0.25, 0.3) is 0 Å². The molecule has 1 N–H and O–H groups in total. The van der Waals surface area contributed by atoms with Gasteiger partial charge in [-0.1, -0.05) is 12.1 Å². The molecule has 0 aliphatic carbocycles. The smallest absolute Gasteiger partial charge is 0.222 e. The number of benzene rings is 1. The van der Waals surface area contributed by atoms with Crippen molar-refractivity contribution in [2.75, 3.05) is 13.1 Å². The van der Waals surface area contributed by atoms with Crippen molar-refractivity contribution >= 4 is 16.8 Å². The number of pyridine rings is 1. The third-order valence-corrected chi connectivity index (χ3v) is 6.58. The second-order valence-corrected chi connectivity index (χ2v) is 8.72. The molecule has 1 aliphatic heterocycles. The molecule has 0 spiro atoms. The van der Waals surface area contributed by atoms with Crippen LogP contribution in [-0.4, -0.2) is 43.6 Å². The fraction of sp³-hybridized carbons (Fsp3) is 0.308. The number of amides is 1. The third kappa shape index (κ3) is 4.65. The van der Waals surface area contributed by atoms with Crippen molar-refractivity contribution < 1.29 is 4.79 Å². The minimum atomic E-state index is 0.222. The van der Waals surface area contributed by atoms with Crippen molar-refractivity contribution in [2.45, 2.75) is 32.2 Å². The van der Waals surface area contributed by atoms with Gasteiger partial charge in [-0.2, -0.15) is 10.4 Å². The zero-order valence-electron chi connectivity index (χ0n) is 18.4. The maximum atomic E-state index is 12.7. The van der Waals surface area contributed by atoms with Gasteiger partial charge in [0.1, 0.15) is 0 Å². The summed E-state index contributed by atoms with van der Waals surface area (Å²) in [6, 6.07) is 13.9. The van der Waals surface area contributed by atoms with Crippen molar-refractivity contribution in [2.24, 2.45) is 5.92 Å². The van der Waals surface area contributed by atoms with E-state index in [1.54, 1.807) is 6.20 Å². The maximum absolute atomic E-state index is 12.7. The molecule has 0 bridgehead atoms.